The lowest BCUT2D eigenvalue weighted by molar-refractivity contribution is -0.384. The molecule has 0 aromatic heterocycles. The van der Waals surface area contributed by atoms with Crippen molar-refractivity contribution in [2.24, 2.45) is 11.8 Å². The maximum atomic E-state index is 3.47. The number of nitrogens with zero attached hydrogens (tertiary/aromatic N) is 1. The van der Waals surface area contributed by atoms with Crippen LogP contribution in [-0.2, 0) is 0 Å². The van der Waals surface area contributed by atoms with Gasteiger partial charge in [-0.3, -0.25) is 0 Å². The van der Waals surface area contributed by atoms with Gasteiger partial charge >= 0.3 is 0 Å². The van der Waals surface area contributed by atoms with E-state index in [-0.39, 0.29) is 0 Å². The zero-order valence-electron chi connectivity index (χ0n) is 14.1. The minimum atomic E-state index is 0.504. The standard InChI is InChI=1S/C20H26N/c1-7-10-19(20-16(6)18(20)8-2)21(9-3)17-12-11-14(4)15(5)13-17/h7-9,11-13,16,20H,1-6H3/q+1. The van der Waals surface area contributed by atoms with E-state index in [0.29, 0.717) is 11.8 Å². The molecule has 1 saturated carbocycles. The highest BCUT2D eigenvalue weighted by Gasteiger charge is 2.47. The second-order valence-electron chi connectivity index (χ2n) is 5.77. The van der Waals surface area contributed by atoms with Crippen molar-refractivity contribution in [3.8, 4) is 0 Å². The monoisotopic (exact) mass is 280 g/mol. The molecule has 110 valence electrons. The maximum absolute atomic E-state index is 3.47. The summed E-state index contributed by atoms with van der Waals surface area (Å²) in [6.07, 6.45) is 6.42. The smallest absolute Gasteiger partial charge is 0.161 e. The van der Waals surface area contributed by atoms with Gasteiger partial charge in [-0.25, -0.2) is 0 Å². The van der Waals surface area contributed by atoms with Crippen molar-refractivity contribution < 1.29 is 4.58 Å². The van der Waals surface area contributed by atoms with E-state index < -0.39 is 0 Å². The third-order valence-corrected chi connectivity index (χ3v) is 4.48. The number of hydrogen-bond acceptors (Lipinski definition) is 0. The summed E-state index contributed by atoms with van der Waals surface area (Å²) in [6, 6.07) is 6.65. The van der Waals surface area contributed by atoms with Gasteiger partial charge in [0.15, 0.2) is 0 Å². The van der Waals surface area contributed by atoms with Crippen molar-refractivity contribution >= 4 is 11.9 Å². The average molecular weight is 280 g/mol. The fourth-order valence-corrected chi connectivity index (χ4v) is 3.02. The van der Waals surface area contributed by atoms with Gasteiger partial charge in [0.2, 0.25) is 11.4 Å². The molecule has 1 aliphatic rings. The highest BCUT2D eigenvalue weighted by Crippen LogP contribution is 2.50. The van der Waals surface area contributed by atoms with Crippen LogP contribution in [0, 0.1) is 25.7 Å². The molecule has 0 spiro atoms. The van der Waals surface area contributed by atoms with Crippen LogP contribution in [0.25, 0.3) is 0 Å². The molecule has 1 aromatic rings. The Hall–Kier alpha value is -1.85. The molecule has 0 aliphatic heterocycles. The van der Waals surface area contributed by atoms with Gasteiger partial charge in [-0.1, -0.05) is 30.4 Å². The molecular weight excluding hydrogens is 254 g/mol. The van der Waals surface area contributed by atoms with Crippen LogP contribution in [0.1, 0.15) is 38.8 Å². The van der Waals surface area contributed by atoms with Crippen LogP contribution in [0.3, 0.4) is 0 Å². The van der Waals surface area contributed by atoms with Gasteiger partial charge in [0.25, 0.3) is 0 Å². The van der Waals surface area contributed by atoms with Gasteiger partial charge in [-0.15, -0.1) is 0 Å². The number of allylic oxidation sites excluding steroid dienone is 2. The third-order valence-electron chi connectivity index (χ3n) is 4.48. The van der Waals surface area contributed by atoms with Gasteiger partial charge in [0, 0.05) is 19.1 Å². The molecule has 0 radical (unpaired) electrons. The first kappa shape index (κ1) is 15.5. The molecule has 21 heavy (non-hydrogen) atoms. The zero-order valence-corrected chi connectivity index (χ0v) is 14.1. The van der Waals surface area contributed by atoms with Gasteiger partial charge in [0.05, 0.1) is 5.92 Å². The van der Waals surface area contributed by atoms with Crippen LogP contribution >= 0.6 is 0 Å². The number of aryl methyl sites for hydroxylation is 2. The maximum Gasteiger partial charge on any atom is 0.237 e. The predicted octanol–water partition coefficient (Wildman–Crippen LogP) is 5.31. The van der Waals surface area contributed by atoms with E-state index in [2.05, 4.69) is 75.4 Å². The number of rotatable bonds is 3. The van der Waals surface area contributed by atoms with Crippen molar-refractivity contribution in [1.82, 2.24) is 0 Å². The second kappa shape index (κ2) is 6.28. The lowest BCUT2D eigenvalue weighted by Crippen LogP contribution is -2.08. The van der Waals surface area contributed by atoms with Gasteiger partial charge in [-0.2, -0.15) is 4.58 Å². The quantitative estimate of drug-likeness (QED) is 0.305. The molecule has 2 rings (SSSR count). The van der Waals surface area contributed by atoms with Crippen LogP contribution in [-0.4, -0.2) is 10.8 Å². The van der Waals surface area contributed by atoms with E-state index in [9.17, 15) is 0 Å². The minimum Gasteiger partial charge on any atom is -0.161 e. The molecule has 0 amide bonds. The van der Waals surface area contributed by atoms with E-state index in [1.165, 1.54) is 28.1 Å². The molecule has 1 aromatic carbocycles. The van der Waals surface area contributed by atoms with E-state index in [1.54, 1.807) is 0 Å². The van der Waals surface area contributed by atoms with Gasteiger partial charge < -0.3 is 0 Å². The summed E-state index contributed by atoms with van der Waals surface area (Å²) in [4.78, 5) is 0. The lowest BCUT2D eigenvalue weighted by atomic mass is 10.1. The Labute approximate surface area is 129 Å². The molecule has 1 fully saturated rings. The first-order valence-electron chi connectivity index (χ1n) is 7.78. The van der Waals surface area contributed by atoms with Gasteiger partial charge in [-0.05, 0) is 50.8 Å². The molecule has 1 heteroatoms. The first-order valence-corrected chi connectivity index (χ1v) is 7.78. The van der Waals surface area contributed by atoms with E-state index in [4.69, 9.17) is 0 Å². The second-order valence-corrected chi connectivity index (χ2v) is 5.77. The Balaban J connectivity index is 2.48. The van der Waals surface area contributed by atoms with E-state index >= 15 is 0 Å². The Bertz CT molecular complexity index is 667. The summed E-state index contributed by atoms with van der Waals surface area (Å²) >= 11 is 0. The summed E-state index contributed by atoms with van der Waals surface area (Å²) in [5.74, 6) is 1.13. The Morgan fingerprint density at radius 2 is 1.86 bits per heavy atom. The minimum absolute atomic E-state index is 0.504. The van der Waals surface area contributed by atoms with Crippen molar-refractivity contribution in [2.45, 2.75) is 41.5 Å². The van der Waals surface area contributed by atoms with Crippen LogP contribution in [0.15, 0.2) is 47.4 Å². The molecule has 1 aliphatic carbocycles. The third kappa shape index (κ3) is 2.94. The average Bonchev–Trinajstić information content (AvgIpc) is 3.12. The summed E-state index contributed by atoms with van der Waals surface area (Å²) in [5.41, 5.74) is 10.1. The molecule has 1 nitrogen and oxygen atoms in total. The van der Waals surface area contributed by atoms with Crippen LogP contribution < -0.4 is 0 Å². The lowest BCUT2D eigenvalue weighted by Gasteiger charge is -2.06. The highest BCUT2D eigenvalue weighted by molar-refractivity contribution is 5.54. The predicted molar refractivity (Wildman–Crippen MR) is 91.3 cm³/mol. The SMILES string of the molecule is CC=C=C(C1C(=CC)C1C)[N+](=CC)c1ccc(C)c(C)c1. The van der Waals surface area contributed by atoms with E-state index in [0.717, 1.165) is 0 Å². The van der Waals surface area contributed by atoms with Crippen molar-refractivity contribution in [1.29, 1.82) is 0 Å². The van der Waals surface area contributed by atoms with Crippen molar-refractivity contribution in [2.75, 3.05) is 0 Å². The fourth-order valence-electron chi connectivity index (χ4n) is 3.02. The Morgan fingerprint density at radius 1 is 1.14 bits per heavy atom. The first-order chi connectivity index (χ1) is 10.0. The van der Waals surface area contributed by atoms with Crippen LogP contribution in [0.4, 0.5) is 5.69 Å². The summed E-state index contributed by atoms with van der Waals surface area (Å²) in [6.45, 7) is 12.9. The Kier molecular flexibility index (Phi) is 4.65. The fraction of sp³-hybridized carbons (Fsp3) is 0.400. The van der Waals surface area contributed by atoms with Crippen LogP contribution in [0.5, 0.6) is 0 Å². The van der Waals surface area contributed by atoms with Gasteiger partial charge in [0.1, 0.15) is 6.21 Å². The van der Waals surface area contributed by atoms with Crippen molar-refractivity contribution in [3.63, 3.8) is 0 Å². The van der Waals surface area contributed by atoms with Crippen molar-refractivity contribution in [3.05, 3.63) is 58.5 Å². The molecule has 0 saturated heterocycles. The topological polar surface area (TPSA) is 3.01 Å². The normalized spacial score (nSPS) is 23.0. The Morgan fingerprint density at radius 3 is 2.33 bits per heavy atom. The zero-order chi connectivity index (χ0) is 15.6. The summed E-state index contributed by atoms with van der Waals surface area (Å²) in [5, 5.41) is 0. The molecule has 0 bridgehead atoms. The summed E-state index contributed by atoms with van der Waals surface area (Å²) in [7, 11) is 0. The molecule has 2 atom stereocenters. The summed E-state index contributed by atoms with van der Waals surface area (Å²) < 4.78 is 2.28. The molecule has 0 N–H and O–H groups in total. The molecule has 2 unspecified atom stereocenters. The number of hydrogen-bond donors (Lipinski definition) is 0. The van der Waals surface area contributed by atoms with E-state index in [1.807, 2.05) is 13.0 Å². The highest BCUT2D eigenvalue weighted by atomic mass is 15.0. The number of benzene rings is 1. The molecular formula is C20H26N+. The molecule has 0 heterocycles. The largest absolute Gasteiger partial charge is 0.237 e. The van der Waals surface area contributed by atoms with Crippen LogP contribution in [0.2, 0.25) is 0 Å².